The van der Waals surface area contributed by atoms with Gasteiger partial charge in [-0.3, -0.25) is 14.6 Å². The maximum atomic E-state index is 4.01. The smallest absolute Gasteiger partial charge is 0.0489 e. The lowest BCUT2D eigenvalue weighted by Gasteiger charge is -2.01. The lowest BCUT2D eigenvalue weighted by Crippen LogP contribution is -1.85. The second kappa shape index (κ2) is 14.8. The maximum Gasteiger partial charge on any atom is 0.0489 e. The molecular weight excluding hydrogens is 320 g/mol. The van der Waals surface area contributed by atoms with Crippen molar-refractivity contribution in [3.05, 3.63) is 78.6 Å². The van der Waals surface area contributed by atoms with E-state index in [0.29, 0.717) is 11.8 Å². The molecule has 3 heterocycles. The van der Waals surface area contributed by atoms with E-state index in [9.17, 15) is 0 Å². The van der Waals surface area contributed by atoms with E-state index in [0.717, 1.165) is 0 Å². The number of hydrogen-bond acceptors (Lipinski definition) is 3. The number of rotatable bonds is 2. The molecule has 0 fully saturated rings. The van der Waals surface area contributed by atoms with Gasteiger partial charge < -0.3 is 0 Å². The van der Waals surface area contributed by atoms with E-state index < -0.39 is 0 Å². The Bertz CT molecular complexity index is 589. The van der Waals surface area contributed by atoms with Crippen LogP contribution in [0.4, 0.5) is 0 Å². The molecule has 0 unspecified atom stereocenters. The first kappa shape index (κ1) is 23.5. The second-order valence-electron chi connectivity index (χ2n) is 6.06. The predicted octanol–water partition coefficient (Wildman–Crippen LogP) is 5.86. The van der Waals surface area contributed by atoms with Crippen LogP contribution in [0.5, 0.6) is 0 Å². The summed E-state index contributed by atoms with van der Waals surface area (Å²) in [4.78, 5) is 7.93. The third-order valence-electron chi connectivity index (χ3n) is 3.36. The summed E-state index contributed by atoms with van der Waals surface area (Å²) in [5, 5.41) is 3.83. The fraction of sp³-hybridized carbons (Fsp3) is 0.409. The van der Waals surface area contributed by atoms with Gasteiger partial charge >= 0.3 is 0 Å². The van der Waals surface area contributed by atoms with Gasteiger partial charge in [-0.1, -0.05) is 47.6 Å². The van der Waals surface area contributed by atoms with E-state index >= 15 is 0 Å². The lowest BCUT2D eigenvalue weighted by atomic mass is 10.1. The van der Waals surface area contributed by atoms with Crippen molar-refractivity contribution in [2.75, 3.05) is 0 Å². The predicted molar refractivity (Wildman–Crippen MR) is 111 cm³/mol. The molecule has 0 saturated heterocycles. The summed E-state index contributed by atoms with van der Waals surface area (Å²) in [7, 11) is 1.89. The van der Waals surface area contributed by atoms with E-state index in [2.05, 4.69) is 48.8 Å². The molecule has 0 N–H and O–H groups in total. The van der Waals surface area contributed by atoms with Crippen LogP contribution in [-0.4, -0.2) is 19.7 Å². The van der Waals surface area contributed by atoms with Gasteiger partial charge in [-0.25, -0.2) is 0 Å². The third kappa shape index (κ3) is 11.1. The number of aromatic nitrogens is 4. The van der Waals surface area contributed by atoms with Gasteiger partial charge in [-0.05, 0) is 47.2 Å². The average molecular weight is 355 g/mol. The fourth-order valence-corrected chi connectivity index (χ4v) is 1.81. The Morgan fingerprint density at radius 3 is 1.62 bits per heavy atom. The zero-order valence-corrected chi connectivity index (χ0v) is 17.3. The molecule has 0 aromatic carbocycles. The number of nitrogens with zero attached hydrogens (tertiary/aromatic N) is 4. The van der Waals surface area contributed by atoms with Gasteiger partial charge in [0.05, 0.1) is 0 Å². The average Bonchev–Trinajstić information content (AvgIpc) is 3.17. The molecule has 0 bridgehead atoms. The molecule has 0 aliphatic rings. The van der Waals surface area contributed by atoms with Crippen LogP contribution in [-0.2, 0) is 7.05 Å². The van der Waals surface area contributed by atoms with E-state index in [1.165, 1.54) is 11.1 Å². The second-order valence-corrected chi connectivity index (χ2v) is 6.06. The van der Waals surface area contributed by atoms with Crippen molar-refractivity contribution in [2.24, 2.45) is 7.05 Å². The van der Waals surface area contributed by atoms with Gasteiger partial charge in [0.25, 0.3) is 0 Å². The first-order valence-corrected chi connectivity index (χ1v) is 9.24. The molecule has 0 aliphatic heterocycles. The molecule has 3 aromatic rings. The highest BCUT2D eigenvalue weighted by molar-refractivity contribution is 5.13. The first-order chi connectivity index (χ1) is 12.5. The summed E-state index contributed by atoms with van der Waals surface area (Å²) in [6.07, 6.45) is 11.0. The van der Waals surface area contributed by atoms with Crippen molar-refractivity contribution in [1.82, 2.24) is 19.7 Å². The Kier molecular flexibility index (Phi) is 13.4. The topological polar surface area (TPSA) is 43.6 Å². The summed E-state index contributed by atoms with van der Waals surface area (Å²) in [5.41, 5.74) is 2.66. The van der Waals surface area contributed by atoms with Crippen molar-refractivity contribution in [1.29, 1.82) is 0 Å². The summed E-state index contributed by atoms with van der Waals surface area (Å²) in [6.45, 7) is 12.7. The SMILES string of the molecule is CC.CC(C)c1cccnc1.CC(C)c1ccncc1.Cn1cccn1. The molecular formula is C22H34N4. The van der Waals surface area contributed by atoms with Crippen LogP contribution >= 0.6 is 0 Å². The van der Waals surface area contributed by atoms with Gasteiger partial charge in [-0.2, -0.15) is 5.10 Å². The Morgan fingerprint density at radius 2 is 1.35 bits per heavy atom. The van der Waals surface area contributed by atoms with Crippen LogP contribution in [0.3, 0.4) is 0 Å². The Balaban J connectivity index is 0.000000350. The highest BCUT2D eigenvalue weighted by Crippen LogP contribution is 2.11. The normalized spacial score (nSPS) is 9.27. The summed E-state index contributed by atoms with van der Waals surface area (Å²) < 4.78 is 1.75. The monoisotopic (exact) mass is 354 g/mol. The summed E-state index contributed by atoms with van der Waals surface area (Å²) >= 11 is 0. The van der Waals surface area contributed by atoms with Crippen molar-refractivity contribution < 1.29 is 0 Å². The molecule has 0 aliphatic carbocycles. The van der Waals surface area contributed by atoms with Crippen molar-refractivity contribution in [2.45, 2.75) is 53.4 Å². The Labute approximate surface area is 159 Å². The van der Waals surface area contributed by atoms with Crippen LogP contribution < -0.4 is 0 Å². The molecule has 26 heavy (non-hydrogen) atoms. The van der Waals surface area contributed by atoms with Gasteiger partial charge in [0, 0.05) is 44.2 Å². The molecule has 3 aromatic heterocycles. The molecule has 0 atom stereocenters. The Morgan fingerprint density at radius 1 is 0.731 bits per heavy atom. The van der Waals surface area contributed by atoms with Crippen molar-refractivity contribution >= 4 is 0 Å². The number of pyridine rings is 2. The minimum Gasteiger partial charge on any atom is -0.276 e. The van der Waals surface area contributed by atoms with Crippen LogP contribution in [0.2, 0.25) is 0 Å². The highest BCUT2D eigenvalue weighted by atomic mass is 15.2. The molecule has 0 amide bonds. The first-order valence-electron chi connectivity index (χ1n) is 9.24. The van der Waals surface area contributed by atoms with Gasteiger partial charge in [0.1, 0.15) is 0 Å². The fourth-order valence-electron chi connectivity index (χ4n) is 1.81. The van der Waals surface area contributed by atoms with Gasteiger partial charge in [-0.15, -0.1) is 0 Å². The zero-order chi connectivity index (χ0) is 19.8. The van der Waals surface area contributed by atoms with Crippen LogP contribution in [0, 0.1) is 0 Å². The van der Waals surface area contributed by atoms with Crippen LogP contribution in [0.25, 0.3) is 0 Å². The molecule has 0 saturated carbocycles. The van der Waals surface area contributed by atoms with Crippen molar-refractivity contribution in [3.63, 3.8) is 0 Å². The van der Waals surface area contributed by atoms with E-state index in [1.807, 2.05) is 69.9 Å². The number of hydrogen-bond donors (Lipinski definition) is 0. The molecule has 4 nitrogen and oxygen atoms in total. The molecule has 0 spiro atoms. The minimum absolute atomic E-state index is 0.596. The van der Waals surface area contributed by atoms with Gasteiger partial charge in [0.2, 0.25) is 0 Å². The molecule has 142 valence electrons. The minimum atomic E-state index is 0.596. The molecule has 0 radical (unpaired) electrons. The quantitative estimate of drug-likeness (QED) is 0.579. The standard InChI is InChI=1S/2C8H11N.C4H6N2.C2H6/c1-7(2)8-3-5-9-6-4-8;1-7(2)8-4-3-5-9-6-8;1-6-4-2-3-5-6;1-2/h2*3-7H,1-2H3;2-4H,1H3;1-2H3. The summed E-state index contributed by atoms with van der Waals surface area (Å²) in [5.74, 6) is 1.21. The maximum absolute atomic E-state index is 4.01. The van der Waals surface area contributed by atoms with E-state index in [1.54, 1.807) is 17.1 Å². The largest absolute Gasteiger partial charge is 0.276 e. The van der Waals surface area contributed by atoms with E-state index in [-0.39, 0.29) is 0 Å². The van der Waals surface area contributed by atoms with Crippen molar-refractivity contribution in [3.8, 4) is 0 Å². The summed E-state index contributed by atoms with van der Waals surface area (Å²) in [6, 6.07) is 10.0. The Hall–Kier alpha value is -2.49. The zero-order valence-electron chi connectivity index (χ0n) is 17.3. The molecule has 4 heteroatoms. The van der Waals surface area contributed by atoms with Crippen LogP contribution in [0.15, 0.2) is 67.5 Å². The van der Waals surface area contributed by atoms with Crippen LogP contribution in [0.1, 0.15) is 64.5 Å². The van der Waals surface area contributed by atoms with Gasteiger partial charge in [0.15, 0.2) is 0 Å². The highest BCUT2D eigenvalue weighted by Gasteiger charge is 1.94. The third-order valence-corrected chi connectivity index (χ3v) is 3.36. The molecule has 3 rings (SSSR count). The number of aryl methyl sites for hydroxylation is 1. The van der Waals surface area contributed by atoms with E-state index in [4.69, 9.17) is 0 Å². The lowest BCUT2D eigenvalue weighted by molar-refractivity contribution is 0.768.